The van der Waals surface area contributed by atoms with Crippen molar-refractivity contribution in [2.45, 2.75) is 103 Å². The molecular formula is C19H38O3Si2. The van der Waals surface area contributed by atoms with E-state index in [0.29, 0.717) is 0 Å². The molecule has 1 fully saturated rings. The smallest absolute Gasteiger partial charge is 0.193 e. The summed E-state index contributed by atoms with van der Waals surface area (Å²) in [7, 11) is -3.75. The highest BCUT2D eigenvalue weighted by Gasteiger charge is 2.45. The fourth-order valence-electron chi connectivity index (χ4n) is 1.99. The van der Waals surface area contributed by atoms with Crippen molar-refractivity contribution in [3.8, 4) is 12.3 Å². The predicted octanol–water partition coefficient (Wildman–Crippen LogP) is 5.19. The molecule has 3 atom stereocenters. The van der Waals surface area contributed by atoms with Crippen molar-refractivity contribution in [2.75, 3.05) is 6.61 Å². The maximum absolute atomic E-state index is 6.61. The molecule has 1 unspecified atom stereocenters. The Balaban J connectivity index is 2.82. The third-order valence-corrected chi connectivity index (χ3v) is 14.9. The van der Waals surface area contributed by atoms with Gasteiger partial charge in [-0.25, -0.2) is 0 Å². The van der Waals surface area contributed by atoms with Crippen LogP contribution in [0.25, 0.3) is 0 Å². The van der Waals surface area contributed by atoms with Gasteiger partial charge in [-0.05, 0) is 36.3 Å². The van der Waals surface area contributed by atoms with Crippen LogP contribution in [0.4, 0.5) is 0 Å². The van der Waals surface area contributed by atoms with Gasteiger partial charge in [0.2, 0.25) is 0 Å². The van der Waals surface area contributed by atoms with Crippen LogP contribution >= 0.6 is 0 Å². The van der Waals surface area contributed by atoms with Gasteiger partial charge in [-0.3, -0.25) is 0 Å². The molecule has 0 aromatic heterocycles. The van der Waals surface area contributed by atoms with Gasteiger partial charge in [0.05, 0.1) is 12.7 Å². The SMILES string of the molecule is C#C[C@@H](C[C@H](O[Si](C)(C)C(C)(C)C)C1CO1)O[Si](C)(C)C(C)(C)C. The van der Waals surface area contributed by atoms with Crippen molar-refractivity contribution < 1.29 is 13.6 Å². The zero-order valence-electron chi connectivity index (χ0n) is 17.4. The van der Waals surface area contributed by atoms with Crippen molar-refractivity contribution in [1.82, 2.24) is 0 Å². The van der Waals surface area contributed by atoms with Crippen molar-refractivity contribution in [1.29, 1.82) is 0 Å². The maximum atomic E-state index is 6.61. The molecule has 0 saturated carbocycles. The monoisotopic (exact) mass is 370 g/mol. The summed E-state index contributed by atoms with van der Waals surface area (Å²) in [5.74, 6) is 2.86. The molecule has 0 spiro atoms. The minimum Gasteiger partial charge on any atom is -0.411 e. The number of ether oxygens (including phenoxy) is 1. The normalized spacial score (nSPS) is 22.0. The summed E-state index contributed by atoms with van der Waals surface area (Å²) >= 11 is 0. The molecule has 0 bridgehead atoms. The zero-order valence-corrected chi connectivity index (χ0v) is 19.4. The fraction of sp³-hybridized carbons (Fsp3) is 0.895. The molecular weight excluding hydrogens is 332 g/mol. The fourth-order valence-corrected chi connectivity index (χ4v) is 4.58. The highest BCUT2D eigenvalue weighted by Crippen LogP contribution is 2.41. The highest BCUT2D eigenvalue weighted by molar-refractivity contribution is 6.74. The van der Waals surface area contributed by atoms with Gasteiger partial charge in [0.15, 0.2) is 16.6 Å². The van der Waals surface area contributed by atoms with Gasteiger partial charge in [0, 0.05) is 6.42 Å². The molecule has 0 amide bonds. The van der Waals surface area contributed by atoms with E-state index in [9.17, 15) is 0 Å². The minimum absolute atomic E-state index is 0.0386. The first-order valence-electron chi connectivity index (χ1n) is 9.04. The van der Waals surface area contributed by atoms with Crippen LogP contribution in [-0.2, 0) is 13.6 Å². The molecule has 0 aliphatic carbocycles. The van der Waals surface area contributed by atoms with Gasteiger partial charge in [-0.15, -0.1) is 6.42 Å². The Morgan fingerprint density at radius 2 is 1.42 bits per heavy atom. The number of rotatable bonds is 7. The number of terminal acetylenes is 1. The van der Waals surface area contributed by atoms with Crippen LogP contribution in [0, 0.1) is 12.3 Å². The Kier molecular flexibility index (Phi) is 6.61. The molecule has 5 heteroatoms. The van der Waals surface area contributed by atoms with Crippen LogP contribution in [0.15, 0.2) is 0 Å². The van der Waals surface area contributed by atoms with Gasteiger partial charge in [-0.1, -0.05) is 47.5 Å². The van der Waals surface area contributed by atoms with Gasteiger partial charge in [0.1, 0.15) is 12.2 Å². The second-order valence-corrected chi connectivity index (χ2v) is 19.6. The third-order valence-electron chi connectivity index (χ3n) is 5.90. The maximum Gasteiger partial charge on any atom is 0.193 e. The van der Waals surface area contributed by atoms with Crippen LogP contribution in [0.5, 0.6) is 0 Å². The van der Waals surface area contributed by atoms with Crippen LogP contribution in [-0.4, -0.2) is 41.6 Å². The van der Waals surface area contributed by atoms with Gasteiger partial charge in [-0.2, -0.15) is 0 Å². The molecule has 1 aliphatic rings. The van der Waals surface area contributed by atoms with E-state index in [1.807, 2.05) is 0 Å². The average molecular weight is 371 g/mol. The van der Waals surface area contributed by atoms with E-state index < -0.39 is 16.6 Å². The molecule has 24 heavy (non-hydrogen) atoms. The summed E-state index contributed by atoms with van der Waals surface area (Å²) < 4.78 is 18.6. The lowest BCUT2D eigenvalue weighted by atomic mass is 10.1. The van der Waals surface area contributed by atoms with Crippen LogP contribution in [0.2, 0.25) is 36.3 Å². The predicted molar refractivity (Wildman–Crippen MR) is 107 cm³/mol. The Labute approximate surface area is 152 Å². The zero-order chi connectivity index (χ0) is 19.0. The molecule has 0 aromatic carbocycles. The Morgan fingerprint density at radius 1 is 1.00 bits per heavy atom. The molecule has 1 aliphatic heterocycles. The summed E-state index contributed by atoms with van der Waals surface area (Å²) in [6, 6.07) is 0. The molecule has 0 radical (unpaired) electrons. The van der Waals surface area contributed by atoms with E-state index in [4.69, 9.17) is 20.0 Å². The number of epoxide rings is 1. The lowest BCUT2D eigenvalue weighted by Crippen LogP contribution is -2.48. The molecule has 1 heterocycles. The Bertz CT molecular complexity index is 462. The van der Waals surface area contributed by atoms with Gasteiger partial charge in [0.25, 0.3) is 0 Å². The summed E-state index contributed by atoms with van der Waals surface area (Å²) in [6.45, 7) is 23.3. The number of hydrogen-bond acceptors (Lipinski definition) is 3. The molecule has 0 aromatic rings. The lowest BCUT2D eigenvalue weighted by molar-refractivity contribution is 0.0944. The van der Waals surface area contributed by atoms with E-state index in [2.05, 4.69) is 73.7 Å². The second-order valence-electron chi connectivity index (χ2n) is 10.1. The standard InChI is InChI=1S/C19H38O3Si2/c1-12-15(21-23(8,9)18(2,3)4)13-16(17-14-20-17)22-24(10,11)19(5,6)7/h1,15-17H,13-14H2,2-11H3/t15-,16-,17?/m0/s1. The molecule has 0 N–H and O–H groups in total. The van der Waals surface area contributed by atoms with E-state index in [1.165, 1.54) is 0 Å². The third kappa shape index (κ3) is 5.70. The van der Waals surface area contributed by atoms with E-state index in [-0.39, 0.29) is 28.4 Å². The van der Waals surface area contributed by atoms with E-state index >= 15 is 0 Å². The summed E-state index contributed by atoms with van der Waals surface area (Å²) in [4.78, 5) is 0. The van der Waals surface area contributed by atoms with Gasteiger partial charge < -0.3 is 13.6 Å². The molecule has 1 rings (SSSR count). The summed E-state index contributed by atoms with van der Waals surface area (Å²) in [5.41, 5.74) is 0. The first-order chi connectivity index (χ1) is 10.6. The molecule has 3 nitrogen and oxygen atoms in total. The molecule has 1 saturated heterocycles. The molecule has 140 valence electrons. The van der Waals surface area contributed by atoms with E-state index in [0.717, 1.165) is 13.0 Å². The van der Waals surface area contributed by atoms with Crippen LogP contribution in [0.3, 0.4) is 0 Å². The van der Waals surface area contributed by atoms with E-state index in [1.54, 1.807) is 0 Å². The van der Waals surface area contributed by atoms with Crippen molar-refractivity contribution in [3.63, 3.8) is 0 Å². The Morgan fingerprint density at radius 3 is 1.75 bits per heavy atom. The van der Waals surface area contributed by atoms with Crippen LogP contribution < -0.4 is 0 Å². The second kappa shape index (κ2) is 7.24. The first-order valence-corrected chi connectivity index (χ1v) is 14.9. The van der Waals surface area contributed by atoms with Gasteiger partial charge >= 0.3 is 0 Å². The van der Waals surface area contributed by atoms with Crippen molar-refractivity contribution in [3.05, 3.63) is 0 Å². The highest BCUT2D eigenvalue weighted by atomic mass is 28.4. The van der Waals surface area contributed by atoms with Crippen molar-refractivity contribution in [2.24, 2.45) is 0 Å². The topological polar surface area (TPSA) is 31.0 Å². The summed E-state index contributed by atoms with van der Waals surface area (Å²) in [5, 5.41) is 0.319. The Hall–Kier alpha value is -0.126. The average Bonchev–Trinajstić information content (AvgIpc) is 3.17. The van der Waals surface area contributed by atoms with Crippen molar-refractivity contribution >= 4 is 16.6 Å². The summed E-state index contributed by atoms with van der Waals surface area (Å²) in [6.07, 6.45) is 6.54. The minimum atomic E-state index is -1.89. The first kappa shape index (κ1) is 21.9. The number of hydrogen-bond donors (Lipinski definition) is 0. The quantitative estimate of drug-likeness (QED) is 0.351. The largest absolute Gasteiger partial charge is 0.411 e. The lowest BCUT2D eigenvalue weighted by Gasteiger charge is -2.41. The van der Waals surface area contributed by atoms with Crippen LogP contribution in [0.1, 0.15) is 48.0 Å².